The molecule has 1 amide bonds. The fraction of sp³-hybridized carbons (Fsp3) is 0.250. The van der Waals surface area contributed by atoms with Crippen molar-refractivity contribution in [3.8, 4) is 11.8 Å². The van der Waals surface area contributed by atoms with E-state index in [9.17, 15) is 4.79 Å². The predicted octanol–water partition coefficient (Wildman–Crippen LogP) is 1.82. The van der Waals surface area contributed by atoms with E-state index in [4.69, 9.17) is 9.52 Å². The van der Waals surface area contributed by atoms with Gasteiger partial charge in [0, 0.05) is 5.56 Å². The molecule has 0 aliphatic carbocycles. The lowest BCUT2D eigenvalue weighted by atomic mass is 10.1. The lowest BCUT2D eigenvalue weighted by Gasteiger charge is -2.11. The highest BCUT2D eigenvalue weighted by atomic mass is 16.4. The highest BCUT2D eigenvalue weighted by Gasteiger charge is 2.17. The summed E-state index contributed by atoms with van der Waals surface area (Å²) in [7, 11) is 0. The fourth-order valence-corrected chi connectivity index (χ4v) is 1.83. The van der Waals surface area contributed by atoms with Gasteiger partial charge in [0.25, 0.3) is 5.91 Å². The van der Waals surface area contributed by atoms with Crippen LogP contribution in [-0.4, -0.2) is 22.6 Å². The van der Waals surface area contributed by atoms with Crippen LogP contribution in [0, 0.1) is 18.8 Å². The average Bonchev–Trinajstić information content (AvgIpc) is 2.92. The van der Waals surface area contributed by atoms with Gasteiger partial charge in [-0.1, -0.05) is 24.0 Å². The van der Waals surface area contributed by atoms with Gasteiger partial charge in [-0.2, -0.15) is 0 Å². The molecule has 1 heterocycles. The van der Waals surface area contributed by atoms with Crippen molar-refractivity contribution in [2.75, 3.05) is 6.61 Å². The second-order valence-corrected chi connectivity index (χ2v) is 4.51. The molecule has 108 valence electrons. The number of aromatic nitrogens is 1. The summed E-state index contributed by atoms with van der Waals surface area (Å²) >= 11 is 0. The molecule has 1 aromatic carbocycles. The van der Waals surface area contributed by atoms with Gasteiger partial charge in [0.15, 0.2) is 0 Å². The Morgan fingerprint density at radius 1 is 1.48 bits per heavy atom. The van der Waals surface area contributed by atoms with E-state index in [1.807, 2.05) is 0 Å². The maximum Gasteiger partial charge on any atom is 0.253 e. The Labute approximate surface area is 123 Å². The summed E-state index contributed by atoms with van der Waals surface area (Å²) in [5.41, 5.74) is 1.02. The minimum absolute atomic E-state index is 0.248. The molecule has 0 saturated carbocycles. The van der Waals surface area contributed by atoms with Gasteiger partial charge in [0.2, 0.25) is 5.89 Å². The maximum absolute atomic E-state index is 12.3. The van der Waals surface area contributed by atoms with E-state index in [2.05, 4.69) is 22.1 Å². The lowest BCUT2D eigenvalue weighted by molar-refractivity contribution is 0.0933. The van der Waals surface area contributed by atoms with Crippen LogP contribution >= 0.6 is 0 Å². The van der Waals surface area contributed by atoms with Crippen LogP contribution in [0.2, 0.25) is 0 Å². The lowest BCUT2D eigenvalue weighted by Crippen LogP contribution is -2.27. The van der Waals surface area contributed by atoms with Gasteiger partial charge in [-0.05, 0) is 26.0 Å². The summed E-state index contributed by atoms with van der Waals surface area (Å²) in [4.78, 5) is 16.4. The second-order valence-electron chi connectivity index (χ2n) is 4.51. The predicted molar refractivity (Wildman–Crippen MR) is 77.5 cm³/mol. The largest absolute Gasteiger partial charge is 0.444 e. The number of hydrogen-bond acceptors (Lipinski definition) is 4. The van der Waals surface area contributed by atoms with Crippen molar-refractivity contribution >= 4 is 5.91 Å². The van der Waals surface area contributed by atoms with Crippen molar-refractivity contribution in [3.63, 3.8) is 0 Å². The molecule has 5 nitrogen and oxygen atoms in total. The van der Waals surface area contributed by atoms with Crippen LogP contribution in [0.1, 0.15) is 40.5 Å². The van der Waals surface area contributed by atoms with Crippen LogP contribution in [0.15, 0.2) is 34.9 Å². The molecule has 0 aliphatic heterocycles. The first-order chi connectivity index (χ1) is 10.1. The topological polar surface area (TPSA) is 75.4 Å². The number of rotatable bonds is 3. The Morgan fingerprint density at radius 2 is 2.24 bits per heavy atom. The van der Waals surface area contributed by atoms with E-state index in [-0.39, 0.29) is 18.6 Å². The van der Waals surface area contributed by atoms with Gasteiger partial charge in [-0.25, -0.2) is 4.98 Å². The van der Waals surface area contributed by atoms with E-state index in [0.29, 0.717) is 22.8 Å². The Bertz CT molecular complexity index is 695. The normalized spacial score (nSPS) is 11.4. The fourth-order valence-electron chi connectivity index (χ4n) is 1.83. The first-order valence-corrected chi connectivity index (χ1v) is 6.53. The summed E-state index contributed by atoms with van der Waals surface area (Å²) in [6.45, 7) is 3.35. The maximum atomic E-state index is 12.3. The van der Waals surface area contributed by atoms with E-state index < -0.39 is 0 Å². The Hall–Kier alpha value is -2.58. The van der Waals surface area contributed by atoms with Gasteiger partial charge in [0.05, 0.1) is 11.8 Å². The number of hydrogen-bond donors (Lipinski definition) is 2. The number of benzene rings is 1. The third-order valence-corrected chi connectivity index (χ3v) is 2.83. The van der Waals surface area contributed by atoms with Crippen molar-refractivity contribution in [2.24, 2.45) is 0 Å². The smallest absolute Gasteiger partial charge is 0.253 e. The van der Waals surface area contributed by atoms with Gasteiger partial charge in [-0.15, -0.1) is 0 Å². The number of oxazole rings is 1. The quantitative estimate of drug-likeness (QED) is 0.843. The van der Waals surface area contributed by atoms with E-state index in [1.165, 1.54) is 0 Å². The van der Waals surface area contributed by atoms with Crippen molar-refractivity contribution in [1.82, 2.24) is 10.3 Å². The van der Waals surface area contributed by atoms with Gasteiger partial charge in [-0.3, -0.25) is 4.79 Å². The van der Waals surface area contributed by atoms with Gasteiger partial charge < -0.3 is 14.8 Å². The molecule has 1 aromatic heterocycles. The van der Waals surface area contributed by atoms with Crippen molar-refractivity contribution in [2.45, 2.75) is 19.9 Å². The summed E-state index contributed by atoms with van der Waals surface area (Å²) < 4.78 is 5.39. The van der Waals surface area contributed by atoms with Crippen molar-refractivity contribution in [3.05, 3.63) is 53.2 Å². The number of nitrogens with one attached hydrogen (secondary N) is 1. The minimum Gasteiger partial charge on any atom is -0.444 e. The summed E-state index contributed by atoms with van der Waals surface area (Å²) in [5.74, 6) is 6.19. The van der Waals surface area contributed by atoms with E-state index >= 15 is 0 Å². The molecule has 0 bridgehead atoms. The molecule has 2 rings (SSSR count). The number of carbonyl (C=O) groups excluding carboxylic acids is 1. The number of amides is 1. The second kappa shape index (κ2) is 6.73. The number of carbonyl (C=O) groups is 1. The third kappa shape index (κ3) is 3.71. The van der Waals surface area contributed by atoms with Crippen LogP contribution in [0.25, 0.3) is 0 Å². The van der Waals surface area contributed by atoms with Crippen molar-refractivity contribution in [1.29, 1.82) is 0 Å². The van der Waals surface area contributed by atoms with Gasteiger partial charge in [0.1, 0.15) is 18.4 Å². The van der Waals surface area contributed by atoms with Crippen LogP contribution in [0.5, 0.6) is 0 Å². The molecule has 1 atom stereocenters. The Balaban J connectivity index is 2.17. The Morgan fingerprint density at radius 3 is 2.90 bits per heavy atom. The molecule has 1 unspecified atom stereocenters. The average molecular weight is 284 g/mol. The zero-order chi connectivity index (χ0) is 15.2. The molecule has 2 aromatic rings. The summed E-state index contributed by atoms with van der Waals surface area (Å²) in [5, 5.41) is 11.6. The molecule has 0 saturated heterocycles. The first-order valence-electron chi connectivity index (χ1n) is 6.53. The number of aryl methyl sites for hydroxylation is 1. The molecule has 0 spiro atoms. The Kier molecular flexibility index (Phi) is 4.75. The van der Waals surface area contributed by atoms with E-state index in [1.54, 1.807) is 44.3 Å². The molecular weight excluding hydrogens is 268 g/mol. The highest BCUT2D eigenvalue weighted by molar-refractivity contribution is 5.96. The molecule has 0 aliphatic rings. The number of aliphatic hydroxyl groups excluding tert-OH is 1. The zero-order valence-corrected chi connectivity index (χ0v) is 11.9. The molecule has 2 N–H and O–H groups in total. The van der Waals surface area contributed by atoms with Crippen LogP contribution in [0.4, 0.5) is 0 Å². The molecule has 21 heavy (non-hydrogen) atoms. The summed E-state index contributed by atoms with van der Waals surface area (Å²) in [6.07, 6.45) is 1.61. The van der Waals surface area contributed by atoms with Gasteiger partial charge >= 0.3 is 0 Å². The minimum atomic E-state index is -0.343. The molecule has 0 radical (unpaired) electrons. The van der Waals surface area contributed by atoms with Crippen LogP contribution in [0.3, 0.4) is 0 Å². The van der Waals surface area contributed by atoms with E-state index in [0.717, 1.165) is 0 Å². The molecule has 5 heteroatoms. The molecular formula is C16H16N2O3. The number of aliphatic hydroxyl groups is 1. The van der Waals surface area contributed by atoms with Crippen LogP contribution in [-0.2, 0) is 0 Å². The van der Waals surface area contributed by atoms with Crippen molar-refractivity contribution < 1.29 is 14.3 Å². The highest BCUT2D eigenvalue weighted by Crippen LogP contribution is 2.14. The number of nitrogens with zero attached hydrogens (tertiary/aromatic N) is 1. The monoisotopic (exact) mass is 284 g/mol. The third-order valence-electron chi connectivity index (χ3n) is 2.83. The SMILES string of the molecule is Cc1cnc(C(C)NC(=O)c2ccccc2C#CCO)o1. The van der Waals surface area contributed by atoms with Crippen LogP contribution < -0.4 is 5.32 Å². The standard InChI is InChI=1S/C16H16N2O3/c1-11-10-17-16(21-11)12(2)18-15(20)14-8-4-3-6-13(14)7-5-9-19/h3-4,6,8,10,12,19H,9H2,1-2H3,(H,18,20). The zero-order valence-electron chi connectivity index (χ0n) is 11.9. The summed E-state index contributed by atoms with van der Waals surface area (Å²) in [6, 6.07) is 6.63. The first kappa shape index (κ1) is 14.8. The molecule has 0 fully saturated rings.